The second kappa shape index (κ2) is 7.69. The van der Waals surface area contributed by atoms with Crippen LogP contribution in [-0.2, 0) is 4.79 Å². The molecule has 0 unspecified atom stereocenters. The molecule has 0 saturated heterocycles. The van der Waals surface area contributed by atoms with Crippen molar-refractivity contribution in [2.75, 3.05) is 4.90 Å². The first-order valence-corrected chi connectivity index (χ1v) is 9.53. The normalized spacial score (nSPS) is 13.1. The Labute approximate surface area is 166 Å². The Morgan fingerprint density at radius 2 is 1.14 bits per heavy atom. The van der Waals surface area contributed by atoms with Gasteiger partial charge in [0.2, 0.25) is 0 Å². The van der Waals surface area contributed by atoms with Gasteiger partial charge in [-0.3, -0.25) is 4.79 Å². The Morgan fingerprint density at radius 1 is 0.679 bits per heavy atom. The second-order valence-corrected chi connectivity index (χ2v) is 7.28. The lowest BCUT2D eigenvalue weighted by molar-refractivity contribution is -0.104. The van der Waals surface area contributed by atoms with Gasteiger partial charge >= 0.3 is 0 Å². The van der Waals surface area contributed by atoms with Gasteiger partial charge in [-0.1, -0.05) is 59.7 Å². The van der Waals surface area contributed by atoms with Crippen molar-refractivity contribution in [2.24, 2.45) is 0 Å². The molecule has 1 aliphatic carbocycles. The van der Waals surface area contributed by atoms with Crippen molar-refractivity contribution in [1.29, 1.82) is 0 Å². The zero-order valence-corrected chi connectivity index (χ0v) is 16.2. The highest BCUT2D eigenvalue weighted by Gasteiger charge is 2.14. The maximum atomic E-state index is 11.0. The van der Waals surface area contributed by atoms with Crippen molar-refractivity contribution < 1.29 is 4.79 Å². The van der Waals surface area contributed by atoms with E-state index in [9.17, 15) is 4.79 Å². The Bertz CT molecular complexity index is 994. The minimum absolute atomic E-state index is 0.711. The van der Waals surface area contributed by atoms with E-state index >= 15 is 0 Å². The Kier molecular flexibility index (Phi) is 4.94. The fraction of sp³-hybridized carbons (Fsp3) is 0.115. The molecule has 0 aliphatic heterocycles. The van der Waals surface area contributed by atoms with Crippen LogP contribution in [0, 0.1) is 13.8 Å². The first kappa shape index (κ1) is 18.0. The molecule has 0 saturated carbocycles. The SMILES string of the molecule is Cc1ccc(N(c2ccc(C)cc2)c2ccc(C3=CC=C(C=O)C3)cc2)cc1. The monoisotopic (exact) mass is 365 g/mol. The molecule has 0 spiro atoms. The number of benzene rings is 3. The predicted molar refractivity (Wildman–Crippen MR) is 117 cm³/mol. The number of aldehydes is 1. The van der Waals surface area contributed by atoms with Gasteiger partial charge in [-0.05, 0) is 67.0 Å². The number of rotatable bonds is 5. The van der Waals surface area contributed by atoms with Gasteiger partial charge in [0.1, 0.15) is 6.29 Å². The third-order valence-electron chi connectivity index (χ3n) is 5.13. The number of nitrogens with zero attached hydrogens (tertiary/aromatic N) is 1. The number of carbonyl (C=O) groups excluding carboxylic acids is 1. The number of anilines is 3. The summed E-state index contributed by atoms with van der Waals surface area (Å²) in [7, 11) is 0. The molecular formula is C26H23NO. The highest BCUT2D eigenvalue weighted by atomic mass is 16.1. The van der Waals surface area contributed by atoms with Gasteiger partial charge < -0.3 is 4.90 Å². The van der Waals surface area contributed by atoms with E-state index in [4.69, 9.17) is 0 Å². The van der Waals surface area contributed by atoms with Crippen LogP contribution in [0.3, 0.4) is 0 Å². The number of allylic oxidation sites excluding steroid dienone is 4. The van der Waals surface area contributed by atoms with E-state index in [1.54, 1.807) is 0 Å². The van der Waals surface area contributed by atoms with Gasteiger partial charge in [-0.15, -0.1) is 0 Å². The molecule has 0 heterocycles. The molecule has 0 fully saturated rings. The minimum atomic E-state index is 0.711. The summed E-state index contributed by atoms with van der Waals surface area (Å²) in [5.41, 5.74) is 9.04. The fourth-order valence-corrected chi connectivity index (χ4v) is 3.48. The van der Waals surface area contributed by atoms with E-state index in [1.807, 2.05) is 12.2 Å². The van der Waals surface area contributed by atoms with E-state index in [-0.39, 0.29) is 0 Å². The zero-order chi connectivity index (χ0) is 19.5. The third kappa shape index (κ3) is 3.67. The Balaban J connectivity index is 1.69. The molecule has 3 aromatic carbocycles. The molecule has 0 aromatic heterocycles. The van der Waals surface area contributed by atoms with Gasteiger partial charge in [0.05, 0.1) is 0 Å². The van der Waals surface area contributed by atoms with E-state index in [2.05, 4.69) is 91.5 Å². The van der Waals surface area contributed by atoms with Crippen molar-refractivity contribution in [2.45, 2.75) is 20.3 Å². The van der Waals surface area contributed by atoms with Crippen molar-refractivity contribution in [1.82, 2.24) is 0 Å². The van der Waals surface area contributed by atoms with Gasteiger partial charge in [0, 0.05) is 23.5 Å². The summed E-state index contributed by atoms with van der Waals surface area (Å²) in [5, 5.41) is 0. The summed E-state index contributed by atoms with van der Waals surface area (Å²) in [6, 6.07) is 25.8. The molecule has 0 atom stereocenters. The summed E-state index contributed by atoms with van der Waals surface area (Å²) in [6.45, 7) is 4.21. The summed E-state index contributed by atoms with van der Waals surface area (Å²) in [5.74, 6) is 0. The van der Waals surface area contributed by atoms with Gasteiger partial charge in [0.15, 0.2) is 0 Å². The molecule has 138 valence electrons. The highest BCUT2D eigenvalue weighted by molar-refractivity contribution is 5.86. The van der Waals surface area contributed by atoms with Crippen molar-refractivity contribution in [3.63, 3.8) is 0 Å². The summed E-state index contributed by atoms with van der Waals surface area (Å²) in [4.78, 5) is 13.2. The standard InChI is InChI=1S/C26H23NO/c1-19-3-11-24(12-4-19)27(25-13-5-20(2)6-14-25)26-15-9-22(10-16-26)23-8-7-21(17-23)18-28/h3-16,18H,17H2,1-2H3. The van der Waals surface area contributed by atoms with Crippen LogP contribution in [0.15, 0.2) is 90.5 Å². The molecular weight excluding hydrogens is 342 g/mol. The highest BCUT2D eigenvalue weighted by Crippen LogP contribution is 2.36. The van der Waals surface area contributed by atoms with Gasteiger partial charge in [-0.25, -0.2) is 0 Å². The lowest BCUT2D eigenvalue weighted by atomic mass is 10.0. The Morgan fingerprint density at radius 3 is 1.57 bits per heavy atom. The fourth-order valence-electron chi connectivity index (χ4n) is 3.48. The van der Waals surface area contributed by atoms with E-state index in [1.165, 1.54) is 16.7 Å². The lowest BCUT2D eigenvalue weighted by Gasteiger charge is -2.26. The third-order valence-corrected chi connectivity index (χ3v) is 5.13. The number of hydrogen-bond acceptors (Lipinski definition) is 2. The van der Waals surface area contributed by atoms with Crippen LogP contribution < -0.4 is 4.90 Å². The topological polar surface area (TPSA) is 20.3 Å². The molecule has 1 aliphatic rings. The zero-order valence-electron chi connectivity index (χ0n) is 16.2. The molecule has 4 rings (SSSR count). The van der Waals surface area contributed by atoms with E-state index < -0.39 is 0 Å². The molecule has 2 heteroatoms. The summed E-state index contributed by atoms with van der Waals surface area (Å²) in [6.07, 6.45) is 5.59. The molecule has 28 heavy (non-hydrogen) atoms. The maximum Gasteiger partial charge on any atom is 0.146 e. The largest absolute Gasteiger partial charge is 0.311 e. The summed E-state index contributed by atoms with van der Waals surface area (Å²) < 4.78 is 0. The molecule has 0 bridgehead atoms. The van der Waals surface area contributed by atoms with E-state index in [0.717, 1.165) is 34.5 Å². The quantitative estimate of drug-likeness (QED) is 0.470. The maximum absolute atomic E-state index is 11.0. The number of carbonyl (C=O) groups is 1. The summed E-state index contributed by atoms with van der Waals surface area (Å²) >= 11 is 0. The van der Waals surface area contributed by atoms with Crippen LogP contribution >= 0.6 is 0 Å². The first-order valence-electron chi connectivity index (χ1n) is 9.53. The van der Waals surface area contributed by atoms with Crippen LogP contribution in [0.2, 0.25) is 0 Å². The van der Waals surface area contributed by atoms with E-state index in [0.29, 0.717) is 6.42 Å². The Hall–Kier alpha value is -3.39. The molecule has 0 radical (unpaired) electrons. The molecule has 0 N–H and O–H groups in total. The second-order valence-electron chi connectivity index (χ2n) is 7.28. The van der Waals surface area contributed by atoms with Crippen molar-refractivity contribution in [3.05, 3.63) is 107 Å². The number of hydrogen-bond donors (Lipinski definition) is 0. The smallest absolute Gasteiger partial charge is 0.146 e. The van der Waals surface area contributed by atoms with Crippen LogP contribution in [0.5, 0.6) is 0 Å². The van der Waals surface area contributed by atoms with Gasteiger partial charge in [0.25, 0.3) is 0 Å². The average Bonchev–Trinajstić information content (AvgIpc) is 3.21. The van der Waals surface area contributed by atoms with Crippen LogP contribution in [0.1, 0.15) is 23.1 Å². The molecule has 0 amide bonds. The van der Waals surface area contributed by atoms with Crippen molar-refractivity contribution in [3.8, 4) is 0 Å². The van der Waals surface area contributed by atoms with Crippen molar-refractivity contribution >= 4 is 28.9 Å². The van der Waals surface area contributed by atoms with Crippen LogP contribution in [0.25, 0.3) is 5.57 Å². The van der Waals surface area contributed by atoms with Crippen LogP contribution in [-0.4, -0.2) is 6.29 Å². The minimum Gasteiger partial charge on any atom is -0.311 e. The first-order chi connectivity index (χ1) is 13.6. The molecule has 2 nitrogen and oxygen atoms in total. The van der Waals surface area contributed by atoms with Gasteiger partial charge in [-0.2, -0.15) is 0 Å². The number of aryl methyl sites for hydroxylation is 2. The lowest BCUT2D eigenvalue weighted by Crippen LogP contribution is -2.09. The molecule has 3 aromatic rings. The predicted octanol–water partition coefficient (Wildman–Crippen LogP) is 6.69. The van der Waals surface area contributed by atoms with Crippen LogP contribution in [0.4, 0.5) is 17.1 Å². The average molecular weight is 365 g/mol.